The van der Waals surface area contributed by atoms with E-state index in [1.807, 2.05) is 6.92 Å². The number of methoxy groups -OCH3 is 1. The molecule has 1 aromatic carbocycles. The number of carbonyl (C=O) groups excluding carboxylic acids is 1. The Hall–Kier alpha value is -1.69. The average molecular weight is 298 g/mol. The molecule has 1 heterocycles. The van der Waals surface area contributed by atoms with Crippen LogP contribution in [0.3, 0.4) is 0 Å². The van der Waals surface area contributed by atoms with Crippen LogP contribution in [0.5, 0.6) is 5.75 Å². The van der Waals surface area contributed by atoms with Crippen molar-refractivity contribution in [1.82, 2.24) is 10.2 Å². The predicted octanol–water partition coefficient (Wildman–Crippen LogP) is 2.56. The maximum Gasteiger partial charge on any atom is 0.255 e. The van der Waals surface area contributed by atoms with Crippen molar-refractivity contribution >= 4 is 5.91 Å². The second-order valence-electron chi connectivity index (χ2n) is 5.07. The molecule has 0 spiro atoms. The Morgan fingerprint density at radius 1 is 1.43 bits per heavy atom. The zero-order valence-corrected chi connectivity index (χ0v) is 12.2. The van der Waals surface area contributed by atoms with Crippen molar-refractivity contribution in [2.45, 2.75) is 38.4 Å². The van der Waals surface area contributed by atoms with Crippen LogP contribution < -0.4 is 10.1 Å². The lowest BCUT2D eigenvalue weighted by Gasteiger charge is -2.24. The van der Waals surface area contributed by atoms with Gasteiger partial charge in [-0.05, 0) is 24.1 Å². The summed E-state index contributed by atoms with van der Waals surface area (Å²) in [5, 5.41) is 3.15. The van der Waals surface area contributed by atoms with Gasteiger partial charge in [0.15, 0.2) is 0 Å². The highest BCUT2D eigenvalue weighted by Crippen LogP contribution is 2.29. The second-order valence-corrected chi connectivity index (χ2v) is 5.07. The van der Waals surface area contributed by atoms with Crippen molar-refractivity contribution in [2.24, 2.45) is 0 Å². The molecule has 1 N–H and O–H groups in total. The van der Waals surface area contributed by atoms with Crippen molar-refractivity contribution in [2.75, 3.05) is 13.7 Å². The number of hydrogen-bond donors (Lipinski definition) is 1. The van der Waals surface area contributed by atoms with Gasteiger partial charge in [0.05, 0.1) is 19.7 Å². The van der Waals surface area contributed by atoms with Gasteiger partial charge in [-0.15, -0.1) is 0 Å². The van der Waals surface area contributed by atoms with E-state index in [-0.39, 0.29) is 5.91 Å². The molecular weight excluding hydrogens is 278 g/mol. The summed E-state index contributed by atoms with van der Waals surface area (Å²) in [5.41, 5.74) is 0.752. The van der Waals surface area contributed by atoms with Crippen molar-refractivity contribution in [3.63, 3.8) is 0 Å². The molecule has 6 heteroatoms. The summed E-state index contributed by atoms with van der Waals surface area (Å²) in [6.45, 7) is 1.40. The number of amides is 1. The summed E-state index contributed by atoms with van der Waals surface area (Å²) in [4.78, 5) is 13.5. The highest BCUT2D eigenvalue weighted by Gasteiger charge is 2.40. The predicted molar refractivity (Wildman–Crippen MR) is 75.3 cm³/mol. The summed E-state index contributed by atoms with van der Waals surface area (Å²) in [5.74, 6) is 0.377. The molecule has 0 saturated carbocycles. The minimum absolute atomic E-state index is 0.259. The van der Waals surface area contributed by atoms with Crippen molar-refractivity contribution in [3.05, 3.63) is 29.8 Å². The van der Waals surface area contributed by atoms with Gasteiger partial charge in [-0.25, -0.2) is 8.78 Å². The van der Waals surface area contributed by atoms with E-state index >= 15 is 0 Å². The van der Waals surface area contributed by atoms with Crippen LogP contribution in [0.15, 0.2) is 24.3 Å². The maximum absolute atomic E-state index is 12.8. The Labute approximate surface area is 123 Å². The number of halogens is 2. The Bertz CT molecular complexity index is 496. The summed E-state index contributed by atoms with van der Waals surface area (Å²) in [7, 11) is 1.54. The topological polar surface area (TPSA) is 41.6 Å². The Balaban J connectivity index is 2.27. The number of nitrogens with one attached hydrogen (secondary N) is 1. The van der Waals surface area contributed by atoms with Crippen LogP contribution in [-0.4, -0.2) is 36.9 Å². The van der Waals surface area contributed by atoms with Crippen LogP contribution in [-0.2, 0) is 4.79 Å². The first-order valence-electron chi connectivity index (χ1n) is 7.05. The van der Waals surface area contributed by atoms with Gasteiger partial charge in [-0.3, -0.25) is 10.1 Å². The van der Waals surface area contributed by atoms with Gasteiger partial charge in [0.2, 0.25) is 5.91 Å². The lowest BCUT2D eigenvalue weighted by atomic mass is 10.1. The summed E-state index contributed by atoms with van der Waals surface area (Å²) < 4.78 is 30.7. The zero-order chi connectivity index (χ0) is 15.4. The van der Waals surface area contributed by atoms with Gasteiger partial charge in [0.25, 0.3) is 6.43 Å². The summed E-state index contributed by atoms with van der Waals surface area (Å²) >= 11 is 0. The minimum atomic E-state index is -2.55. The standard InChI is InChI=1S/C15H20F2N2O2/c1-3-5-12-15(20)19(9-13(16)17)14(18-12)10-6-4-7-11(8-10)21-2/h4,6-8,12-14,18H,3,5,9H2,1-2H3. The number of rotatable bonds is 6. The molecule has 1 fully saturated rings. The highest BCUT2D eigenvalue weighted by atomic mass is 19.3. The normalized spacial score (nSPS) is 22.1. The molecule has 116 valence electrons. The van der Waals surface area contributed by atoms with Crippen molar-refractivity contribution < 1.29 is 18.3 Å². The fraction of sp³-hybridized carbons (Fsp3) is 0.533. The maximum atomic E-state index is 12.8. The lowest BCUT2D eigenvalue weighted by molar-refractivity contribution is -0.132. The van der Waals surface area contributed by atoms with E-state index < -0.39 is 25.2 Å². The van der Waals surface area contributed by atoms with Gasteiger partial charge >= 0.3 is 0 Å². The number of hydrogen-bond acceptors (Lipinski definition) is 3. The van der Waals surface area contributed by atoms with Crippen molar-refractivity contribution in [1.29, 1.82) is 0 Å². The van der Waals surface area contributed by atoms with Gasteiger partial charge in [-0.1, -0.05) is 25.5 Å². The molecule has 0 radical (unpaired) electrons. The molecule has 1 amide bonds. The molecule has 2 unspecified atom stereocenters. The number of benzene rings is 1. The molecule has 0 bridgehead atoms. The third-order valence-corrected chi connectivity index (χ3v) is 3.57. The zero-order valence-electron chi connectivity index (χ0n) is 12.2. The quantitative estimate of drug-likeness (QED) is 0.877. The van der Waals surface area contributed by atoms with E-state index in [9.17, 15) is 13.6 Å². The van der Waals surface area contributed by atoms with Gasteiger partial charge in [-0.2, -0.15) is 0 Å². The minimum Gasteiger partial charge on any atom is -0.497 e. The van der Waals surface area contributed by atoms with Crippen LogP contribution in [0.1, 0.15) is 31.5 Å². The molecule has 4 nitrogen and oxygen atoms in total. The molecule has 2 atom stereocenters. The average Bonchev–Trinajstić information content (AvgIpc) is 2.76. The Kier molecular flexibility index (Phi) is 5.12. The van der Waals surface area contributed by atoms with Gasteiger partial charge in [0, 0.05) is 0 Å². The second kappa shape index (κ2) is 6.85. The van der Waals surface area contributed by atoms with E-state index in [0.29, 0.717) is 12.2 Å². The number of ether oxygens (including phenoxy) is 1. The fourth-order valence-corrected chi connectivity index (χ4v) is 2.61. The first-order valence-corrected chi connectivity index (χ1v) is 7.05. The SMILES string of the molecule is CCCC1NC(c2cccc(OC)c2)N(CC(F)F)C1=O. The van der Waals surface area contributed by atoms with Crippen molar-refractivity contribution in [3.8, 4) is 5.75 Å². The van der Waals surface area contributed by atoms with Gasteiger partial charge in [0.1, 0.15) is 11.9 Å². The molecule has 1 aromatic rings. The molecule has 1 aliphatic heterocycles. The molecule has 0 aliphatic carbocycles. The summed E-state index contributed by atoms with van der Waals surface area (Å²) in [6, 6.07) is 6.73. The first kappa shape index (κ1) is 15.7. The van der Waals surface area contributed by atoms with E-state index in [1.165, 1.54) is 4.90 Å². The molecular formula is C15H20F2N2O2. The van der Waals surface area contributed by atoms with Crippen LogP contribution in [0.2, 0.25) is 0 Å². The van der Waals surface area contributed by atoms with E-state index in [4.69, 9.17) is 4.74 Å². The lowest BCUT2D eigenvalue weighted by Crippen LogP contribution is -2.35. The number of nitrogens with zero attached hydrogens (tertiary/aromatic N) is 1. The third kappa shape index (κ3) is 3.50. The molecule has 1 saturated heterocycles. The highest BCUT2D eigenvalue weighted by molar-refractivity contribution is 5.84. The number of carbonyl (C=O) groups is 1. The number of alkyl halides is 2. The smallest absolute Gasteiger partial charge is 0.255 e. The monoisotopic (exact) mass is 298 g/mol. The van der Waals surface area contributed by atoms with Gasteiger partial charge < -0.3 is 9.64 Å². The first-order chi connectivity index (χ1) is 10.1. The van der Waals surface area contributed by atoms with E-state index in [1.54, 1.807) is 31.4 Å². The molecule has 1 aliphatic rings. The Morgan fingerprint density at radius 3 is 2.81 bits per heavy atom. The summed E-state index contributed by atoms with van der Waals surface area (Å²) in [6.07, 6.45) is -1.63. The van der Waals surface area contributed by atoms with E-state index in [2.05, 4.69) is 5.32 Å². The van der Waals surface area contributed by atoms with E-state index in [0.717, 1.165) is 12.0 Å². The fourth-order valence-electron chi connectivity index (χ4n) is 2.61. The van der Waals surface area contributed by atoms with Crippen LogP contribution >= 0.6 is 0 Å². The van der Waals surface area contributed by atoms with Crippen LogP contribution in [0.4, 0.5) is 8.78 Å². The molecule has 21 heavy (non-hydrogen) atoms. The Morgan fingerprint density at radius 2 is 2.19 bits per heavy atom. The largest absolute Gasteiger partial charge is 0.497 e. The third-order valence-electron chi connectivity index (χ3n) is 3.57. The van der Waals surface area contributed by atoms with Crippen LogP contribution in [0.25, 0.3) is 0 Å². The van der Waals surface area contributed by atoms with Crippen LogP contribution in [0, 0.1) is 0 Å². The molecule has 2 rings (SSSR count). The molecule has 0 aromatic heterocycles.